The van der Waals surface area contributed by atoms with Crippen molar-refractivity contribution in [2.75, 3.05) is 11.5 Å². The zero-order chi connectivity index (χ0) is 10.8. The molecule has 1 fully saturated rings. The molecule has 1 aliphatic heterocycles. The predicted octanol–water partition coefficient (Wildman–Crippen LogP) is 3.93. The number of carbonyl (C=O) groups is 1. The van der Waals surface area contributed by atoms with Gasteiger partial charge in [0.25, 0.3) is 0 Å². The van der Waals surface area contributed by atoms with Crippen LogP contribution in [-0.4, -0.2) is 17.3 Å². The first-order valence-electron chi connectivity index (χ1n) is 4.75. The standard InChI is InChI=1S/C11H10Cl2OS/c12-9-2-1-7(5-10(9)13)11(14)8-3-4-15-6-8/h1-2,5,8H,3-4,6H2. The van der Waals surface area contributed by atoms with Crippen molar-refractivity contribution in [3.63, 3.8) is 0 Å². The Morgan fingerprint density at radius 2 is 2.13 bits per heavy atom. The molecule has 1 saturated heterocycles. The zero-order valence-electron chi connectivity index (χ0n) is 8.00. The van der Waals surface area contributed by atoms with E-state index in [0.717, 1.165) is 17.9 Å². The van der Waals surface area contributed by atoms with Gasteiger partial charge in [0.15, 0.2) is 5.78 Å². The number of halogens is 2. The summed E-state index contributed by atoms with van der Waals surface area (Å²) in [5.74, 6) is 2.36. The lowest BCUT2D eigenvalue weighted by Gasteiger charge is -2.07. The molecule has 4 heteroatoms. The molecule has 1 unspecified atom stereocenters. The van der Waals surface area contributed by atoms with Crippen LogP contribution in [0.1, 0.15) is 16.8 Å². The van der Waals surface area contributed by atoms with Crippen molar-refractivity contribution in [3.05, 3.63) is 33.8 Å². The van der Waals surface area contributed by atoms with Gasteiger partial charge in [-0.1, -0.05) is 23.2 Å². The number of rotatable bonds is 2. The van der Waals surface area contributed by atoms with Crippen LogP contribution in [0.3, 0.4) is 0 Å². The van der Waals surface area contributed by atoms with Gasteiger partial charge < -0.3 is 0 Å². The summed E-state index contributed by atoms with van der Waals surface area (Å²) in [4.78, 5) is 12.0. The summed E-state index contributed by atoms with van der Waals surface area (Å²) in [6.45, 7) is 0. The lowest BCUT2D eigenvalue weighted by Crippen LogP contribution is -2.13. The number of hydrogen-bond donors (Lipinski definition) is 0. The molecule has 1 nitrogen and oxygen atoms in total. The van der Waals surface area contributed by atoms with E-state index in [4.69, 9.17) is 23.2 Å². The number of Topliss-reactive ketones (excluding diaryl/α,β-unsaturated/α-hetero) is 1. The molecule has 1 atom stereocenters. The van der Waals surface area contributed by atoms with Crippen LogP contribution < -0.4 is 0 Å². The Hall–Kier alpha value is -0.180. The Bertz CT molecular complexity index is 386. The van der Waals surface area contributed by atoms with Gasteiger partial charge in [0.05, 0.1) is 10.0 Å². The van der Waals surface area contributed by atoms with Crippen LogP contribution in [0.2, 0.25) is 10.0 Å². The molecule has 15 heavy (non-hydrogen) atoms. The predicted molar refractivity (Wildman–Crippen MR) is 66.2 cm³/mol. The second kappa shape index (κ2) is 4.77. The molecule has 0 N–H and O–H groups in total. The number of thioether (sulfide) groups is 1. The number of benzene rings is 1. The quantitative estimate of drug-likeness (QED) is 0.750. The van der Waals surface area contributed by atoms with Gasteiger partial charge in [0.1, 0.15) is 0 Å². The van der Waals surface area contributed by atoms with Gasteiger partial charge in [0.2, 0.25) is 0 Å². The number of ketones is 1. The van der Waals surface area contributed by atoms with Crippen LogP contribution in [-0.2, 0) is 0 Å². The van der Waals surface area contributed by atoms with Crippen LogP contribution in [0.15, 0.2) is 18.2 Å². The normalized spacial score (nSPS) is 20.5. The highest BCUT2D eigenvalue weighted by Crippen LogP contribution is 2.29. The average molecular weight is 261 g/mol. The highest BCUT2D eigenvalue weighted by Gasteiger charge is 2.24. The third-order valence-electron chi connectivity index (χ3n) is 2.50. The van der Waals surface area contributed by atoms with E-state index in [9.17, 15) is 4.79 Å². The molecule has 0 saturated carbocycles. The van der Waals surface area contributed by atoms with E-state index in [2.05, 4.69) is 0 Å². The van der Waals surface area contributed by atoms with Crippen molar-refractivity contribution in [2.45, 2.75) is 6.42 Å². The van der Waals surface area contributed by atoms with Crippen molar-refractivity contribution in [3.8, 4) is 0 Å². The molecule has 0 radical (unpaired) electrons. The molecule has 80 valence electrons. The molecule has 2 rings (SSSR count). The van der Waals surface area contributed by atoms with Crippen LogP contribution in [0.4, 0.5) is 0 Å². The molecular formula is C11H10Cl2OS. The Labute approximate surface area is 103 Å². The topological polar surface area (TPSA) is 17.1 Å². The molecule has 1 aromatic carbocycles. The molecule has 0 aromatic heterocycles. The van der Waals surface area contributed by atoms with E-state index in [0.29, 0.717) is 15.6 Å². The molecule has 0 bridgehead atoms. The SMILES string of the molecule is O=C(c1ccc(Cl)c(Cl)c1)C1CCSC1. The summed E-state index contributed by atoms with van der Waals surface area (Å²) in [5.41, 5.74) is 0.678. The largest absolute Gasteiger partial charge is 0.294 e. The van der Waals surface area contributed by atoms with Crippen LogP contribution >= 0.6 is 35.0 Å². The highest BCUT2D eigenvalue weighted by molar-refractivity contribution is 7.99. The minimum atomic E-state index is 0.159. The molecule has 1 aliphatic rings. The maximum atomic E-state index is 12.0. The van der Waals surface area contributed by atoms with Gasteiger partial charge in [-0.15, -0.1) is 0 Å². The second-order valence-electron chi connectivity index (χ2n) is 3.55. The van der Waals surface area contributed by atoms with Gasteiger partial charge in [-0.05, 0) is 30.4 Å². The fourth-order valence-corrected chi connectivity index (χ4v) is 3.14. The summed E-state index contributed by atoms with van der Waals surface area (Å²) in [5, 5.41) is 0.946. The summed E-state index contributed by atoms with van der Waals surface area (Å²) in [6.07, 6.45) is 0.976. The molecule has 1 aromatic rings. The first-order chi connectivity index (χ1) is 7.18. The third-order valence-corrected chi connectivity index (χ3v) is 4.41. The van der Waals surface area contributed by atoms with Crippen LogP contribution in [0.25, 0.3) is 0 Å². The zero-order valence-corrected chi connectivity index (χ0v) is 10.3. The fraction of sp³-hybridized carbons (Fsp3) is 0.364. The van der Waals surface area contributed by atoms with E-state index < -0.39 is 0 Å². The van der Waals surface area contributed by atoms with Gasteiger partial charge in [0, 0.05) is 17.2 Å². The first kappa shape index (κ1) is 11.3. The molecule has 0 spiro atoms. The summed E-state index contributed by atoms with van der Waals surface area (Å²) >= 11 is 13.5. The monoisotopic (exact) mass is 260 g/mol. The van der Waals surface area contributed by atoms with E-state index >= 15 is 0 Å². The lowest BCUT2D eigenvalue weighted by molar-refractivity contribution is 0.0934. The Morgan fingerprint density at radius 1 is 1.33 bits per heavy atom. The Balaban J connectivity index is 2.21. The summed E-state index contributed by atoms with van der Waals surface area (Å²) in [7, 11) is 0. The van der Waals surface area contributed by atoms with Gasteiger partial charge in [-0.3, -0.25) is 4.79 Å². The smallest absolute Gasteiger partial charge is 0.166 e. The van der Waals surface area contributed by atoms with Crippen molar-refractivity contribution in [1.29, 1.82) is 0 Å². The van der Waals surface area contributed by atoms with Gasteiger partial charge >= 0.3 is 0 Å². The van der Waals surface area contributed by atoms with E-state index in [-0.39, 0.29) is 11.7 Å². The maximum Gasteiger partial charge on any atom is 0.166 e. The van der Waals surface area contributed by atoms with Crippen molar-refractivity contribution >= 4 is 40.7 Å². The van der Waals surface area contributed by atoms with E-state index in [1.54, 1.807) is 18.2 Å². The molecule has 1 heterocycles. The molecule has 0 amide bonds. The van der Waals surface area contributed by atoms with Crippen LogP contribution in [0, 0.1) is 5.92 Å². The van der Waals surface area contributed by atoms with Gasteiger partial charge in [-0.2, -0.15) is 11.8 Å². The number of carbonyl (C=O) groups excluding carboxylic acids is 1. The Kier molecular flexibility index (Phi) is 3.60. The summed E-state index contributed by atoms with van der Waals surface area (Å²) in [6, 6.07) is 5.09. The maximum absolute atomic E-state index is 12.0. The minimum Gasteiger partial charge on any atom is -0.294 e. The molecule has 0 aliphatic carbocycles. The fourth-order valence-electron chi connectivity index (χ4n) is 1.63. The number of hydrogen-bond acceptors (Lipinski definition) is 2. The lowest BCUT2D eigenvalue weighted by atomic mass is 9.97. The van der Waals surface area contributed by atoms with E-state index in [1.165, 1.54) is 0 Å². The van der Waals surface area contributed by atoms with Crippen molar-refractivity contribution < 1.29 is 4.79 Å². The van der Waals surface area contributed by atoms with Crippen molar-refractivity contribution in [2.24, 2.45) is 5.92 Å². The minimum absolute atomic E-state index is 0.159. The van der Waals surface area contributed by atoms with Crippen LogP contribution in [0.5, 0.6) is 0 Å². The first-order valence-corrected chi connectivity index (χ1v) is 6.66. The molecular weight excluding hydrogens is 251 g/mol. The average Bonchev–Trinajstić information content (AvgIpc) is 2.74. The van der Waals surface area contributed by atoms with Gasteiger partial charge in [-0.25, -0.2) is 0 Å². The van der Waals surface area contributed by atoms with Crippen molar-refractivity contribution in [1.82, 2.24) is 0 Å². The summed E-state index contributed by atoms with van der Waals surface area (Å²) < 4.78 is 0. The van der Waals surface area contributed by atoms with E-state index in [1.807, 2.05) is 11.8 Å². The third kappa shape index (κ3) is 2.49. The second-order valence-corrected chi connectivity index (χ2v) is 5.52. The highest BCUT2D eigenvalue weighted by atomic mass is 35.5. The Morgan fingerprint density at radius 3 is 2.73 bits per heavy atom.